The van der Waals surface area contributed by atoms with E-state index in [4.69, 9.17) is 0 Å². The van der Waals surface area contributed by atoms with Gasteiger partial charge in [0.05, 0.1) is 16.8 Å². The molecule has 0 bridgehead atoms. The maximum absolute atomic E-state index is 13.0. The van der Waals surface area contributed by atoms with Crippen molar-refractivity contribution in [3.8, 4) is 0 Å². The molecule has 4 nitrogen and oxygen atoms in total. The van der Waals surface area contributed by atoms with Crippen molar-refractivity contribution in [3.05, 3.63) is 47.2 Å². The lowest BCUT2D eigenvalue weighted by Crippen LogP contribution is -2.19. The minimum atomic E-state index is -4.58. The molecule has 23 heavy (non-hydrogen) atoms. The van der Waals surface area contributed by atoms with Crippen LogP contribution in [0.4, 0.5) is 19.0 Å². The SMILES string of the molecule is CC(C)Cc1cc(NC(=O)c2ccccc2C(F)(F)F)n(C)n1. The van der Waals surface area contributed by atoms with Crippen molar-refractivity contribution in [3.63, 3.8) is 0 Å². The second-order valence-corrected chi connectivity index (χ2v) is 5.74. The largest absolute Gasteiger partial charge is 0.417 e. The molecule has 1 aromatic carbocycles. The first kappa shape index (κ1) is 17.1. The Morgan fingerprint density at radius 2 is 1.96 bits per heavy atom. The van der Waals surface area contributed by atoms with E-state index in [1.807, 2.05) is 13.8 Å². The van der Waals surface area contributed by atoms with Gasteiger partial charge >= 0.3 is 6.18 Å². The number of carbonyl (C=O) groups excluding carboxylic acids is 1. The maximum atomic E-state index is 13.0. The molecule has 2 aromatic rings. The number of anilines is 1. The lowest BCUT2D eigenvalue weighted by atomic mass is 10.1. The molecule has 0 aliphatic carbocycles. The fourth-order valence-corrected chi connectivity index (χ4v) is 2.27. The van der Waals surface area contributed by atoms with Crippen LogP contribution in [0.5, 0.6) is 0 Å². The minimum absolute atomic E-state index is 0.364. The zero-order chi connectivity index (χ0) is 17.2. The second kappa shape index (κ2) is 6.44. The molecule has 1 aromatic heterocycles. The summed E-state index contributed by atoms with van der Waals surface area (Å²) >= 11 is 0. The highest BCUT2D eigenvalue weighted by Crippen LogP contribution is 2.32. The fraction of sp³-hybridized carbons (Fsp3) is 0.375. The van der Waals surface area contributed by atoms with E-state index < -0.39 is 23.2 Å². The number of aryl methyl sites for hydroxylation is 1. The van der Waals surface area contributed by atoms with Crippen molar-refractivity contribution >= 4 is 11.7 Å². The summed E-state index contributed by atoms with van der Waals surface area (Å²) in [4.78, 5) is 12.2. The summed E-state index contributed by atoms with van der Waals surface area (Å²) < 4.78 is 40.4. The molecule has 0 aliphatic rings. The third-order valence-corrected chi connectivity index (χ3v) is 3.27. The van der Waals surface area contributed by atoms with Gasteiger partial charge in [0.15, 0.2) is 0 Å². The van der Waals surface area contributed by atoms with Crippen molar-refractivity contribution in [1.29, 1.82) is 0 Å². The van der Waals surface area contributed by atoms with E-state index in [9.17, 15) is 18.0 Å². The average Bonchev–Trinajstić information content (AvgIpc) is 2.76. The molecule has 1 heterocycles. The summed E-state index contributed by atoms with van der Waals surface area (Å²) in [5.74, 6) is -0.0564. The van der Waals surface area contributed by atoms with Crippen LogP contribution in [0, 0.1) is 5.92 Å². The number of amides is 1. The molecule has 1 N–H and O–H groups in total. The molecule has 1 amide bonds. The van der Waals surface area contributed by atoms with Gasteiger partial charge in [-0.15, -0.1) is 0 Å². The van der Waals surface area contributed by atoms with Crippen molar-refractivity contribution in [2.45, 2.75) is 26.4 Å². The number of nitrogens with zero attached hydrogens (tertiary/aromatic N) is 2. The van der Waals surface area contributed by atoms with Crippen molar-refractivity contribution < 1.29 is 18.0 Å². The zero-order valence-electron chi connectivity index (χ0n) is 13.1. The summed E-state index contributed by atoms with van der Waals surface area (Å²) in [6, 6.07) is 6.38. The molecule has 0 fully saturated rings. The molecule has 2 rings (SSSR count). The van der Waals surface area contributed by atoms with E-state index >= 15 is 0 Å². The van der Waals surface area contributed by atoms with Gasteiger partial charge in [0.25, 0.3) is 5.91 Å². The monoisotopic (exact) mass is 325 g/mol. The van der Waals surface area contributed by atoms with Crippen LogP contribution in [0.2, 0.25) is 0 Å². The lowest BCUT2D eigenvalue weighted by molar-refractivity contribution is -0.137. The first-order valence-electron chi connectivity index (χ1n) is 7.19. The number of hydrogen-bond acceptors (Lipinski definition) is 2. The van der Waals surface area contributed by atoms with Gasteiger partial charge in [-0.25, -0.2) is 0 Å². The molecular formula is C16H18F3N3O. The van der Waals surface area contributed by atoms with Crippen LogP contribution in [0.15, 0.2) is 30.3 Å². The van der Waals surface area contributed by atoms with Crippen molar-refractivity contribution in [2.24, 2.45) is 13.0 Å². The Hall–Kier alpha value is -2.31. The summed E-state index contributed by atoms with van der Waals surface area (Å²) in [5, 5.41) is 6.74. The van der Waals surface area contributed by atoms with Gasteiger partial charge in [-0.1, -0.05) is 26.0 Å². The van der Waals surface area contributed by atoms with E-state index in [2.05, 4.69) is 10.4 Å². The predicted octanol–water partition coefficient (Wildman–Crippen LogP) is 3.89. The van der Waals surface area contributed by atoms with Gasteiger partial charge in [0, 0.05) is 13.1 Å². The number of aromatic nitrogens is 2. The van der Waals surface area contributed by atoms with Crippen LogP contribution in [0.3, 0.4) is 0 Å². The van der Waals surface area contributed by atoms with Crippen LogP contribution in [-0.4, -0.2) is 15.7 Å². The number of hydrogen-bond donors (Lipinski definition) is 1. The van der Waals surface area contributed by atoms with Crippen LogP contribution in [0.1, 0.15) is 35.5 Å². The van der Waals surface area contributed by atoms with Gasteiger partial charge in [-0.05, 0) is 24.5 Å². The highest BCUT2D eigenvalue weighted by molar-refractivity contribution is 6.05. The topological polar surface area (TPSA) is 46.9 Å². The highest BCUT2D eigenvalue weighted by atomic mass is 19.4. The predicted molar refractivity (Wildman–Crippen MR) is 81.1 cm³/mol. The maximum Gasteiger partial charge on any atom is 0.417 e. The summed E-state index contributed by atoms with van der Waals surface area (Å²) in [6.45, 7) is 4.07. The minimum Gasteiger partial charge on any atom is -0.307 e. The number of nitrogens with one attached hydrogen (secondary N) is 1. The third kappa shape index (κ3) is 4.12. The van der Waals surface area contributed by atoms with Gasteiger partial charge in [0.2, 0.25) is 0 Å². The standard InChI is InChI=1S/C16H18F3N3O/c1-10(2)8-11-9-14(22(3)21-11)20-15(23)12-6-4-5-7-13(12)16(17,18)19/h4-7,9-10H,8H2,1-3H3,(H,20,23). The quantitative estimate of drug-likeness (QED) is 0.927. The number of alkyl halides is 3. The van der Waals surface area contributed by atoms with E-state index in [1.165, 1.54) is 16.8 Å². The molecule has 0 unspecified atom stereocenters. The molecule has 0 spiro atoms. The first-order chi connectivity index (χ1) is 10.7. The summed E-state index contributed by atoms with van der Waals surface area (Å²) in [6.07, 6.45) is -3.86. The van der Waals surface area contributed by atoms with Crippen LogP contribution in [-0.2, 0) is 19.6 Å². The summed E-state index contributed by atoms with van der Waals surface area (Å²) in [7, 11) is 1.63. The molecular weight excluding hydrogens is 307 g/mol. The molecule has 0 saturated heterocycles. The number of benzene rings is 1. The highest BCUT2D eigenvalue weighted by Gasteiger charge is 2.34. The molecule has 7 heteroatoms. The molecule has 0 aliphatic heterocycles. The van der Waals surface area contributed by atoms with Crippen molar-refractivity contribution in [1.82, 2.24) is 9.78 Å². The van der Waals surface area contributed by atoms with Gasteiger partial charge in [-0.2, -0.15) is 18.3 Å². The Balaban J connectivity index is 2.25. The van der Waals surface area contributed by atoms with E-state index in [0.29, 0.717) is 11.7 Å². The number of carbonyl (C=O) groups is 1. The Bertz CT molecular complexity index is 705. The van der Waals surface area contributed by atoms with Gasteiger partial charge in [0.1, 0.15) is 5.82 Å². The Morgan fingerprint density at radius 1 is 1.30 bits per heavy atom. The van der Waals surface area contributed by atoms with Crippen molar-refractivity contribution in [2.75, 3.05) is 5.32 Å². The summed E-state index contributed by atoms with van der Waals surface area (Å²) in [5.41, 5.74) is -0.587. The smallest absolute Gasteiger partial charge is 0.307 e. The Morgan fingerprint density at radius 3 is 2.57 bits per heavy atom. The van der Waals surface area contributed by atoms with Crippen LogP contribution < -0.4 is 5.32 Å². The van der Waals surface area contributed by atoms with Crippen LogP contribution >= 0.6 is 0 Å². The molecule has 0 saturated carbocycles. The molecule has 0 atom stereocenters. The molecule has 0 radical (unpaired) electrons. The van der Waals surface area contributed by atoms with E-state index in [0.717, 1.165) is 24.2 Å². The Labute approximate surface area is 132 Å². The molecule has 124 valence electrons. The fourth-order valence-electron chi connectivity index (χ4n) is 2.27. The Kier molecular flexibility index (Phi) is 4.77. The number of halogens is 3. The van der Waals surface area contributed by atoms with Crippen LogP contribution in [0.25, 0.3) is 0 Å². The zero-order valence-corrected chi connectivity index (χ0v) is 13.1. The average molecular weight is 325 g/mol. The second-order valence-electron chi connectivity index (χ2n) is 5.74. The lowest BCUT2D eigenvalue weighted by Gasteiger charge is -2.12. The van der Waals surface area contributed by atoms with Gasteiger partial charge < -0.3 is 5.32 Å². The number of rotatable bonds is 4. The normalized spacial score (nSPS) is 11.8. The first-order valence-corrected chi connectivity index (χ1v) is 7.19. The van der Waals surface area contributed by atoms with Gasteiger partial charge in [-0.3, -0.25) is 9.48 Å². The third-order valence-electron chi connectivity index (χ3n) is 3.27. The van der Waals surface area contributed by atoms with E-state index in [-0.39, 0.29) is 0 Å². The van der Waals surface area contributed by atoms with E-state index in [1.54, 1.807) is 13.1 Å².